The molecule has 0 saturated heterocycles. The maximum atomic E-state index is 4.68. The molecule has 1 aliphatic heterocycles. The first kappa shape index (κ1) is 15.3. The predicted molar refractivity (Wildman–Crippen MR) is 82.4 cm³/mol. The van der Waals surface area contributed by atoms with Gasteiger partial charge in [0.05, 0.1) is 6.54 Å². The SMILES string of the molecule is CC(C)CN(CCN(C)C)C1=NCC(CBr)S1. The van der Waals surface area contributed by atoms with Gasteiger partial charge in [-0.15, -0.1) is 0 Å². The van der Waals surface area contributed by atoms with Crippen LogP contribution >= 0.6 is 27.7 Å². The molecule has 0 aromatic rings. The van der Waals surface area contributed by atoms with Crippen LogP contribution < -0.4 is 0 Å². The monoisotopic (exact) mass is 321 g/mol. The lowest BCUT2D eigenvalue weighted by Crippen LogP contribution is -2.37. The minimum absolute atomic E-state index is 0.624. The average Bonchev–Trinajstić information content (AvgIpc) is 2.71. The molecule has 1 heterocycles. The second kappa shape index (κ2) is 7.64. The van der Waals surface area contributed by atoms with Crippen LogP contribution in [0.4, 0.5) is 0 Å². The Labute approximate surface area is 118 Å². The number of likely N-dealkylation sites (N-methyl/N-ethyl adjacent to an activating group) is 1. The topological polar surface area (TPSA) is 18.8 Å². The molecule has 5 heteroatoms. The Kier molecular flexibility index (Phi) is 6.89. The van der Waals surface area contributed by atoms with Crippen molar-refractivity contribution in [3.63, 3.8) is 0 Å². The quantitative estimate of drug-likeness (QED) is 0.700. The Morgan fingerprint density at radius 2 is 2.12 bits per heavy atom. The lowest BCUT2D eigenvalue weighted by atomic mass is 10.2. The van der Waals surface area contributed by atoms with Crippen molar-refractivity contribution in [2.75, 3.05) is 45.6 Å². The number of aliphatic imine (C=N–C) groups is 1. The van der Waals surface area contributed by atoms with E-state index < -0.39 is 0 Å². The Bertz CT molecular complexity index is 256. The summed E-state index contributed by atoms with van der Waals surface area (Å²) in [6, 6.07) is 0. The van der Waals surface area contributed by atoms with Gasteiger partial charge in [0.25, 0.3) is 0 Å². The standard InChI is InChI=1S/C12H24BrN3S/c1-10(2)9-16(6-5-15(3)4)12-14-8-11(7-13)17-12/h10-11H,5-9H2,1-4H3. The molecule has 1 atom stereocenters. The number of hydrogen-bond acceptors (Lipinski definition) is 4. The van der Waals surface area contributed by atoms with Gasteiger partial charge in [-0.05, 0) is 20.0 Å². The van der Waals surface area contributed by atoms with Gasteiger partial charge >= 0.3 is 0 Å². The third kappa shape index (κ3) is 5.62. The molecule has 0 saturated carbocycles. The van der Waals surface area contributed by atoms with Gasteiger partial charge in [-0.2, -0.15) is 0 Å². The fourth-order valence-corrected chi connectivity index (χ4v) is 3.26. The Balaban J connectivity index is 2.51. The molecule has 0 radical (unpaired) electrons. The normalized spacial score (nSPS) is 20.2. The largest absolute Gasteiger partial charge is 0.350 e. The molecule has 1 rings (SSSR count). The van der Waals surface area contributed by atoms with Crippen LogP contribution in [0.2, 0.25) is 0 Å². The van der Waals surface area contributed by atoms with Crippen LogP contribution in [0.1, 0.15) is 13.8 Å². The molecule has 0 fully saturated rings. The molecule has 0 bridgehead atoms. The zero-order valence-corrected chi connectivity index (χ0v) is 13.7. The first-order valence-electron chi connectivity index (χ1n) is 6.19. The predicted octanol–water partition coefficient (Wildman–Crippen LogP) is 2.37. The van der Waals surface area contributed by atoms with E-state index in [0.717, 1.165) is 31.5 Å². The third-order valence-electron chi connectivity index (χ3n) is 2.55. The number of nitrogens with zero attached hydrogens (tertiary/aromatic N) is 3. The first-order valence-corrected chi connectivity index (χ1v) is 8.19. The van der Waals surface area contributed by atoms with Crippen LogP contribution in [0.3, 0.4) is 0 Å². The fourth-order valence-electron chi connectivity index (χ4n) is 1.68. The smallest absolute Gasteiger partial charge is 0.159 e. The molecule has 0 spiro atoms. The van der Waals surface area contributed by atoms with Crippen LogP contribution in [-0.2, 0) is 0 Å². The van der Waals surface area contributed by atoms with E-state index in [0.29, 0.717) is 11.2 Å². The van der Waals surface area contributed by atoms with E-state index in [1.165, 1.54) is 5.17 Å². The zero-order chi connectivity index (χ0) is 12.8. The highest BCUT2D eigenvalue weighted by molar-refractivity contribution is 9.09. The van der Waals surface area contributed by atoms with Crippen molar-refractivity contribution < 1.29 is 0 Å². The highest BCUT2D eigenvalue weighted by Gasteiger charge is 2.23. The summed E-state index contributed by atoms with van der Waals surface area (Å²) >= 11 is 5.47. The van der Waals surface area contributed by atoms with Gasteiger partial charge in [-0.1, -0.05) is 41.5 Å². The summed E-state index contributed by atoms with van der Waals surface area (Å²) in [6.07, 6.45) is 0. The number of thioether (sulfide) groups is 1. The number of halogens is 1. The van der Waals surface area contributed by atoms with Crippen molar-refractivity contribution in [2.45, 2.75) is 19.1 Å². The number of alkyl halides is 1. The Morgan fingerprint density at radius 3 is 2.59 bits per heavy atom. The molecular weight excluding hydrogens is 298 g/mol. The molecule has 1 unspecified atom stereocenters. The van der Waals surface area contributed by atoms with Crippen molar-refractivity contribution >= 4 is 32.9 Å². The maximum absolute atomic E-state index is 4.68. The van der Waals surface area contributed by atoms with Crippen LogP contribution in [0, 0.1) is 5.92 Å². The van der Waals surface area contributed by atoms with E-state index >= 15 is 0 Å². The Hall–Kier alpha value is 0.260. The van der Waals surface area contributed by atoms with Crippen molar-refractivity contribution in [3.05, 3.63) is 0 Å². The highest BCUT2D eigenvalue weighted by atomic mass is 79.9. The summed E-state index contributed by atoms with van der Waals surface area (Å²) in [6.45, 7) is 8.77. The molecule has 0 amide bonds. The molecule has 100 valence electrons. The van der Waals surface area contributed by atoms with E-state index in [4.69, 9.17) is 0 Å². The molecule has 0 aliphatic carbocycles. The van der Waals surface area contributed by atoms with Crippen molar-refractivity contribution in [1.29, 1.82) is 0 Å². The summed E-state index contributed by atoms with van der Waals surface area (Å²) in [5.41, 5.74) is 0. The second-order valence-electron chi connectivity index (χ2n) is 5.16. The Morgan fingerprint density at radius 1 is 1.41 bits per heavy atom. The molecule has 0 N–H and O–H groups in total. The lowest BCUT2D eigenvalue weighted by Gasteiger charge is -2.27. The second-order valence-corrected chi connectivity index (χ2v) is 7.08. The lowest BCUT2D eigenvalue weighted by molar-refractivity contribution is 0.311. The minimum Gasteiger partial charge on any atom is -0.350 e. The maximum Gasteiger partial charge on any atom is 0.159 e. The number of rotatable bonds is 6. The van der Waals surface area contributed by atoms with E-state index in [1.807, 2.05) is 11.8 Å². The third-order valence-corrected chi connectivity index (χ3v) is 5.00. The fraction of sp³-hybridized carbons (Fsp3) is 0.917. The zero-order valence-electron chi connectivity index (χ0n) is 11.3. The van der Waals surface area contributed by atoms with Crippen LogP contribution in [0.5, 0.6) is 0 Å². The van der Waals surface area contributed by atoms with E-state index in [1.54, 1.807) is 0 Å². The van der Waals surface area contributed by atoms with E-state index in [-0.39, 0.29) is 0 Å². The summed E-state index contributed by atoms with van der Waals surface area (Å²) in [5.74, 6) is 0.684. The van der Waals surface area contributed by atoms with Crippen LogP contribution in [0.15, 0.2) is 4.99 Å². The molecule has 1 aliphatic rings. The van der Waals surface area contributed by atoms with Crippen molar-refractivity contribution in [2.24, 2.45) is 10.9 Å². The molecule has 0 aromatic carbocycles. The van der Waals surface area contributed by atoms with E-state index in [9.17, 15) is 0 Å². The van der Waals surface area contributed by atoms with Crippen molar-refractivity contribution in [3.8, 4) is 0 Å². The summed E-state index contributed by atoms with van der Waals surface area (Å²) in [4.78, 5) is 9.35. The number of amidine groups is 1. The van der Waals surface area contributed by atoms with Crippen LogP contribution in [0.25, 0.3) is 0 Å². The van der Waals surface area contributed by atoms with Crippen molar-refractivity contribution in [1.82, 2.24) is 9.80 Å². The summed E-state index contributed by atoms with van der Waals surface area (Å²) < 4.78 is 0. The summed E-state index contributed by atoms with van der Waals surface area (Å²) in [7, 11) is 4.25. The molecular formula is C12H24BrN3S. The minimum atomic E-state index is 0.624. The van der Waals surface area contributed by atoms with Crippen LogP contribution in [-0.4, -0.2) is 65.8 Å². The number of hydrogen-bond donors (Lipinski definition) is 0. The summed E-state index contributed by atoms with van der Waals surface area (Å²) in [5, 5.41) is 2.90. The van der Waals surface area contributed by atoms with Gasteiger partial charge in [0.2, 0.25) is 0 Å². The van der Waals surface area contributed by atoms with Gasteiger partial charge in [0.1, 0.15) is 0 Å². The average molecular weight is 322 g/mol. The van der Waals surface area contributed by atoms with Gasteiger partial charge in [0.15, 0.2) is 5.17 Å². The van der Waals surface area contributed by atoms with Gasteiger partial charge in [0, 0.05) is 30.2 Å². The van der Waals surface area contributed by atoms with Gasteiger partial charge in [-0.25, -0.2) is 0 Å². The first-order chi connectivity index (χ1) is 8.02. The van der Waals surface area contributed by atoms with Gasteiger partial charge in [-0.3, -0.25) is 4.99 Å². The van der Waals surface area contributed by atoms with Gasteiger partial charge < -0.3 is 9.80 Å². The molecule has 0 aromatic heterocycles. The highest BCUT2D eigenvalue weighted by Crippen LogP contribution is 2.25. The molecule has 3 nitrogen and oxygen atoms in total. The van der Waals surface area contributed by atoms with E-state index in [2.05, 4.69) is 58.7 Å². The molecule has 17 heavy (non-hydrogen) atoms.